The van der Waals surface area contributed by atoms with Crippen LogP contribution in [0.25, 0.3) is 0 Å². The third kappa shape index (κ3) is 3.13. The molecule has 0 saturated carbocycles. The highest BCUT2D eigenvalue weighted by Gasteiger charge is 2.21. The van der Waals surface area contributed by atoms with Crippen LogP contribution in [0.3, 0.4) is 0 Å². The van der Waals surface area contributed by atoms with Crippen LogP contribution in [0.5, 0.6) is 0 Å². The van der Waals surface area contributed by atoms with Crippen molar-refractivity contribution in [3.63, 3.8) is 0 Å². The van der Waals surface area contributed by atoms with E-state index in [0.717, 1.165) is 5.69 Å². The van der Waals surface area contributed by atoms with E-state index in [4.69, 9.17) is 0 Å². The Morgan fingerprint density at radius 3 is 2.59 bits per heavy atom. The topological polar surface area (TPSA) is 51.0 Å². The lowest BCUT2D eigenvalue weighted by molar-refractivity contribution is -0.117. The average Bonchev–Trinajstić information content (AvgIpc) is 2.74. The number of alkyl halides is 2. The molecule has 0 fully saturated rings. The summed E-state index contributed by atoms with van der Waals surface area (Å²) in [6.45, 7) is 2.31. The van der Waals surface area contributed by atoms with Gasteiger partial charge >= 0.3 is 6.55 Å². The summed E-state index contributed by atoms with van der Waals surface area (Å²) in [4.78, 5) is 18.0. The largest absolute Gasteiger partial charge is 0.333 e. The molecule has 0 aliphatic heterocycles. The van der Waals surface area contributed by atoms with Crippen molar-refractivity contribution in [1.82, 2.24) is 14.8 Å². The Labute approximate surface area is 127 Å². The van der Waals surface area contributed by atoms with Crippen LogP contribution in [-0.4, -0.2) is 27.7 Å². The van der Waals surface area contributed by atoms with Gasteiger partial charge in [-0.2, -0.15) is 13.9 Å². The number of carbonyl (C=O) groups excluding carboxylic acids is 1. The number of halogens is 2. The number of aromatic nitrogens is 3. The van der Waals surface area contributed by atoms with Gasteiger partial charge in [-0.3, -0.25) is 9.78 Å². The highest BCUT2D eigenvalue weighted by atomic mass is 19.3. The molecule has 7 heteroatoms. The summed E-state index contributed by atoms with van der Waals surface area (Å²) in [6.07, 6.45) is 1.65. The standard InChI is InChI=1S/C15H18F2N4O/c1-9-7-12(5-6-18-9)20(4)14(22)8-13-10(2)19-21(11(13)3)15(16)17/h5-7,15H,8H2,1-4H3. The third-order valence-corrected chi connectivity index (χ3v) is 3.63. The lowest BCUT2D eigenvalue weighted by atomic mass is 10.1. The number of nitrogens with zero attached hydrogens (tertiary/aromatic N) is 4. The molecule has 2 rings (SSSR count). The van der Waals surface area contributed by atoms with Crippen LogP contribution in [0.1, 0.15) is 29.2 Å². The molecule has 0 bridgehead atoms. The van der Waals surface area contributed by atoms with E-state index in [2.05, 4.69) is 10.1 Å². The zero-order valence-corrected chi connectivity index (χ0v) is 13.0. The molecule has 2 heterocycles. The summed E-state index contributed by atoms with van der Waals surface area (Å²) in [6, 6.07) is 3.52. The molecular weight excluding hydrogens is 290 g/mol. The van der Waals surface area contributed by atoms with Crippen molar-refractivity contribution in [1.29, 1.82) is 0 Å². The minimum Gasteiger partial charge on any atom is -0.315 e. The van der Waals surface area contributed by atoms with Crippen LogP contribution in [0.4, 0.5) is 14.5 Å². The van der Waals surface area contributed by atoms with Gasteiger partial charge in [0.2, 0.25) is 5.91 Å². The molecule has 0 spiro atoms. The quantitative estimate of drug-likeness (QED) is 0.872. The fraction of sp³-hybridized carbons (Fsp3) is 0.400. The smallest absolute Gasteiger partial charge is 0.315 e. The van der Waals surface area contributed by atoms with Crippen molar-refractivity contribution in [2.24, 2.45) is 0 Å². The van der Waals surface area contributed by atoms with E-state index in [1.165, 1.54) is 4.90 Å². The molecule has 22 heavy (non-hydrogen) atoms. The first-order valence-electron chi connectivity index (χ1n) is 6.83. The molecule has 0 atom stereocenters. The predicted molar refractivity (Wildman–Crippen MR) is 79.0 cm³/mol. The van der Waals surface area contributed by atoms with Crippen molar-refractivity contribution in [3.8, 4) is 0 Å². The van der Waals surface area contributed by atoms with Crippen LogP contribution in [0, 0.1) is 20.8 Å². The average molecular weight is 308 g/mol. The second-order valence-electron chi connectivity index (χ2n) is 5.16. The van der Waals surface area contributed by atoms with E-state index in [9.17, 15) is 13.6 Å². The van der Waals surface area contributed by atoms with E-state index >= 15 is 0 Å². The van der Waals surface area contributed by atoms with Gasteiger partial charge in [0, 0.05) is 35.9 Å². The van der Waals surface area contributed by atoms with Crippen molar-refractivity contribution < 1.29 is 13.6 Å². The van der Waals surface area contributed by atoms with Crippen LogP contribution in [-0.2, 0) is 11.2 Å². The summed E-state index contributed by atoms with van der Waals surface area (Å²) < 4.78 is 26.3. The van der Waals surface area contributed by atoms with Gasteiger partial charge in [-0.1, -0.05) is 0 Å². The fourth-order valence-electron chi connectivity index (χ4n) is 2.30. The summed E-state index contributed by atoms with van der Waals surface area (Å²) in [5, 5.41) is 3.79. The molecular formula is C15H18F2N4O. The van der Waals surface area contributed by atoms with Gasteiger partial charge in [-0.25, -0.2) is 4.68 Å². The van der Waals surface area contributed by atoms with Gasteiger partial charge in [-0.05, 0) is 32.9 Å². The Morgan fingerprint density at radius 2 is 2.05 bits per heavy atom. The van der Waals surface area contributed by atoms with Crippen molar-refractivity contribution >= 4 is 11.6 Å². The third-order valence-electron chi connectivity index (χ3n) is 3.63. The SMILES string of the molecule is Cc1cc(N(C)C(=O)Cc2c(C)nn(C(F)F)c2C)ccn1. The number of likely N-dealkylation sites (N-methyl/N-ethyl adjacent to an activating group) is 1. The predicted octanol–water partition coefficient (Wildman–Crippen LogP) is 2.80. The molecule has 0 aliphatic carbocycles. The zero-order chi connectivity index (χ0) is 16.4. The number of anilines is 1. The normalized spacial score (nSPS) is 11.0. The highest BCUT2D eigenvalue weighted by Crippen LogP contribution is 2.21. The maximum absolute atomic E-state index is 12.8. The van der Waals surface area contributed by atoms with Crippen molar-refractivity contribution in [2.75, 3.05) is 11.9 Å². The zero-order valence-electron chi connectivity index (χ0n) is 13.0. The van der Waals surface area contributed by atoms with Crippen molar-refractivity contribution in [2.45, 2.75) is 33.7 Å². The van der Waals surface area contributed by atoms with E-state index in [0.29, 0.717) is 27.3 Å². The Kier molecular flexibility index (Phi) is 4.54. The van der Waals surface area contributed by atoms with Gasteiger partial charge in [0.1, 0.15) is 0 Å². The second kappa shape index (κ2) is 6.21. The second-order valence-corrected chi connectivity index (χ2v) is 5.16. The summed E-state index contributed by atoms with van der Waals surface area (Å²) >= 11 is 0. The Bertz CT molecular complexity index is 697. The minimum atomic E-state index is -2.71. The van der Waals surface area contributed by atoms with Crippen LogP contribution < -0.4 is 4.90 Å². The van der Waals surface area contributed by atoms with Gasteiger partial charge in [0.15, 0.2) is 0 Å². The molecule has 5 nitrogen and oxygen atoms in total. The number of pyridine rings is 1. The van der Waals surface area contributed by atoms with E-state index < -0.39 is 6.55 Å². The number of amides is 1. The lowest BCUT2D eigenvalue weighted by Gasteiger charge is -2.17. The van der Waals surface area contributed by atoms with E-state index in [-0.39, 0.29) is 12.3 Å². The first kappa shape index (κ1) is 16.1. The molecule has 0 aliphatic rings. The molecule has 0 radical (unpaired) electrons. The molecule has 0 unspecified atom stereocenters. The first-order chi connectivity index (χ1) is 10.3. The van der Waals surface area contributed by atoms with E-state index in [1.807, 2.05) is 6.92 Å². The van der Waals surface area contributed by atoms with Gasteiger partial charge < -0.3 is 4.90 Å². The Morgan fingerprint density at radius 1 is 1.36 bits per heavy atom. The maximum Gasteiger partial charge on any atom is 0.333 e. The summed E-state index contributed by atoms with van der Waals surface area (Å²) in [5.41, 5.74) is 2.83. The van der Waals surface area contributed by atoms with Crippen LogP contribution in [0.15, 0.2) is 18.3 Å². The maximum atomic E-state index is 12.8. The lowest BCUT2D eigenvalue weighted by Crippen LogP contribution is -2.28. The number of aryl methyl sites for hydroxylation is 2. The molecule has 2 aromatic rings. The molecule has 0 aromatic carbocycles. The Balaban J connectivity index is 2.22. The monoisotopic (exact) mass is 308 g/mol. The molecule has 0 N–H and O–H groups in total. The minimum absolute atomic E-state index is 0.0300. The number of rotatable bonds is 4. The molecule has 0 saturated heterocycles. The number of hydrogen-bond donors (Lipinski definition) is 0. The summed E-state index contributed by atoms with van der Waals surface area (Å²) in [7, 11) is 1.65. The van der Waals surface area contributed by atoms with Gasteiger partial charge in [0.05, 0.1) is 12.1 Å². The molecule has 118 valence electrons. The molecule has 2 aromatic heterocycles. The molecule has 1 amide bonds. The first-order valence-corrected chi connectivity index (χ1v) is 6.83. The Hall–Kier alpha value is -2.31. The van der Waals surface area contributed by atoms with E-state index in [1.54, 1.807) is 39.2 Å². The number of hydrogen-bond acceptors (Lipinski definition) is 3. The fourth-order valence-corrected chi connectivity index (χ4v) is 2.30. The highest BCUT2D eigenvalue weighted by molar-refractivity contribution is 5.94. The van der Waals surface area contributed by atoms with Crippen LogP contribution in [0.2, 0.25) is 0 Å². The van der Waals surface area contributed by atoms with Crippen molar-refractivity contribution in [3.05, 3.63) is 41.0 Å². The van der Waals surface area contributed by atoms with Gasteiger partial charge in [0.25, 0.3) is 0 Å². The number of carbonyl (C=O) groups is 1. The van der Waals surface area contributed by atoms with Crippen LogP contribution >= 0.6 is 0 Å². The summed E-state index contributed by atoms with van der Waals surface area (Å²) in [5.74, 6) is -0.189. The van der Waals surface area contributed by atoms with Gasteiger partial charge in [-0.15, -0.1) is 0 Å².